The van der Waals surface area contributed by atoms with Crippen molar-refractivity contribution in [2.24, 2.45) is 0 Å². The van der Waals surface area contributed by atoms with E-state index in [4.69, 9.17) is 11.6 Å². The average molecular weight is 288 g/mol. The Bertz CT molecular complexity index is 534. The van der Waals surface area contributed by atoms with Crippen LogP contribution in [0, 0.1) is 13.8 Å². The normalized spacial score (nSPS) is 19.1. The predicted octanol–water partition coefficient (Wildman–Crippen LogP) is 2.70. The summed E-state index contributed by atoms with van der Waals surface area (Å²) in [5, 5.41) is 0.108. The second-order valence-corrected chi connectivity index (χ2v) is 7.38. The van der Waals surface area contributed by atoms with Crippen molar-refractivity contribution in [1.82, 2.24) is 4.31 Å². The number of aryl methyl sites for hydroxylation is 2. The standard InChI is InChI=1S/C13H18ClNO2S/c1-10-3-4-13(9-11(10)2)18(16,17)15-7-5-12(14)6-8-15/h3-4,9,12H,5-8H2,1-2H3. The second kappa shape index (κ2) is 5.19. The van der Waals surface area contributed by atoms with Crippen molar-refractivity contribution in [2.45, 2.75) is 37.0 Å². The van der Waals surface area contributed by atoms with Crippen molar-refractivity contribution in [1.29, 1.82) is 0 Å². The molecule has 0 radical (unpaired) electrons. The number of benzene rings is 1. The molecule has 3 nitrogen and oxygen atoms in total. The van der Waals surface area contributed by atoms with E-state index in [0.717, 1.165) is 24.0 Å². The van der Waals surface area contributed by atoms with Gasteiger partial charge in [0.2, 0.25) is 10.0 Å². The van der Waals surface area contributed by atoms with Crippen LogP contribution in [0.15, 0.2) is 23.1 Å². The van der Waals surface area contributed by atoms with Gasteiger partial charge in [0.05, 0.1) is 4.90 Å². The molecule has 0 unspecified atom stereocenters. The third kappa shape index (κ3) is 2.71. The Labute approximate surface area is 114 Å². The molecule has 0 N–H and O–H groups in total. The lowest BCUT2D eigenvalue weighted by Crippen LogP contribution is -2.38. The summed E-state index contributed by atoms with van der Waals surface area (Å²) in [7, 11) is -3.35. The lowest BCUT2D eigenvalue weighted by atomic mass is 10.1. The number of hydrogen-bond acceptors (Lipinski definition) is 2. The molecule has 2 rings (SSSR count). The van der Waals surface area contributed by atoms with Crippen LogP contribution in [0.1, 0.15) is 24.0 Å². The largest absolute Gasteiger partial charge is 0.243 e. The lowest BCUT2D eigenvalue weighted by Gasteiger charge is -2.28. The summed E-state index contributed by atoms with van der Waals surface area (Å²) in [5.74, 6) is 0. The molecule has 1 fully saturated rings. The SMILES string of the molecule is Cc1ccc(S(=O)(=O)N2CCC(Cl)CC2)cc1C. The fraction of sp³-hybridized carbons (Fsp3) is 0.538. The molecule has 1 aromatic carbocycles. The van der Waals surface area contributed by atoms with Gasteiger partial charge in [0.1, 0.15) is 0 Å². The van der Waals surface area contributed by atoms with E-state index in [1.54, 1.807) is 12.1 Å². The maximum Gasteiger partial charge on any atom is 0.243 e. The molecule has 0 aliphatic carbocycles. The summed E-state index contributed by atoms with van der Waals surface area (Å²) in [6, 6.07) is 5.29. The van der Waals surface area contributed by atoms with Gasteiger partial charge in [-0.05, 0) is 49.9 Å². The highest BCUT2D eigenvalue weighted by molar-refractivity contribution is 7.89. The number of sulfonamides is 1. The summed E-state index contributed by atoms with van der Waals surface area (Å²) < 4.78 is 26.4. The number of alkyl halides is 1. The zero-order valence-corrected chi connectivity index (χ0v) is 12.3. The fourth-order valence-corrected chi connectivity index (χ4v) is 3.84. The fourth-order valence-electron chi connectivity index (χ4n) is 2.09. The molecule has 0 atom stereocenters. The Morgan fingerprint density at radius 2 is 1.78 bits per heavy atom. The van der Waals surface area contributed by atoms with Crippen LogP contribution in [0.3, 0.4) is 0 Å². The van der Waals surface area contributed by atoms with Crippen LogP contribution in [-0.2, 0) is 10.0 Å². The summed E-state index contributed by atoms with van der Waals surface area (Å²) >= 11 is 6.00. The first-order chi connectivity index (χ1) is 8.41. The van der Waals surface area contributed by atoms with E-state index in [-0.39, 0.29) is 5.38 Å². The Hall–Kier alpha value is -0.580. The van der Waals surface area contributed by atoms with Crippen molar-refractivity contribution in [2.75, 3.05) is 13.1 Å². The molecule has 0 aromatic heterocycles. The van der Waals surface area contributed by atoms with Crippen LogP contribution < -0.4 is 0 Å². The predicted molar refractivity (Wildman–Crippen MR) is 73.5 cm³/mol. The van der Waals surface area contributed by atoms with Crippen molar-refractivity contribution in [3.8, 4) is 0 Å². The minimum absolute atomic E-state index is 0.108. The zero-order valence-electron chi connectivity index (χ0n) is 10.7. The first kappa shape index (κ1) is 13.8. The van der Waals surface area contributed by atoms with Gasteiger partial charge in [-0.1, -0.05) is 6.07 Å². The lowest BCUT2D eigenvalue weighted by molar-refractivity contribution is 0.350. The Morgan fingerprint density at radius 3 is 2.33 bits per heavy atom. The van der Waals surface area contributed by atoms with Gasteiger partial charge in [-0.25, -0.2) is 8.42 Å². The van der Waals surface area contributed by atoms with Gasteiger partial charge >= 0.3 is 0 Å². The van der Waals surface area contributed by atoms with Crippen LogP contribution in [-0.4, -0.2) is 31.2 Å². The average Bonchev–Trinajstić information content (AvgIpc) is 2.33. The molecule has 1 aromatic rings. The topological polar surface area (TPSA) is 37.4 Å². The van der Waals surface area contributed by atoms with Crippen molar-refractivity contribution < 1.29 is 8.42 Å². The summed E-state index contributed by atoms with van der Waals surface area (Å²) in [6.07, 6.45) is 1.46. The number of rotatable bonds is 2. The van der Waals surface area contributed by atoms with Crippen LogP contribution >= 0.6 is 11.6 Å². The van der Waals surface area contributed by atoms with Crippen LogP contribution in [0.4, 0.5) is 0 Å². The van der Waals surface area contributed by atoms with E-state index < -0.39 is 10.0 Å². The molecule has 1 aliphatic heterocycles. The molecule has 0 bridgehead atoms. The summed E-state index contributed by atoms with van der Waals surface area (Å²) in [5.41, 5.74) is 2.11. The van der Waals surface area contributed by atoms with E-state index in [1.165, 1.54) is 4.31 Å². The highest BCUT2D eigenvalue weighted by Crippen LogP contribution is 2.24. The highest BCUT2D eigenvalue weighted by atomic mass is 35.5. The molecule has 0 amide bonds. The highest BCUT2D eigenvalue weighted by Gasteiger charge is 2.28. The van der Waals surface area contributed by atoms with Crippen LogP contribution in [0.2, 0.25) is 0 Å². The number of hydrogen-bond donors (Lipinski definition) is 0. The van der Waals surface area contributed by atoms with Crippen molar-refractivity contribution >= 4 is 21.6 Å². The van der Waals surface area contributed by atoms with E-state index in [9.17, 15) is 8.42 Å². The van der Waals surface area contributed by atoms with Gasteiger partial charge < -0.3 is 0 Å². The van der Waals surface area contributed by atoms with E-state index in [0.29, 0.717) is 18.0 Å². The van der Waals surface area contributed by atoms with Gasteiger partial charge in [-0.2, -0.15) is 4.31 Å². The molecule has 5 heteroatoms. The third-order valence-electron chi connectivity index (χ3n) is 3.50. The van der Waals surface area contributed by atoms with E-state index >= 15 is 0 Å². The van der Waals surface area contributed by atoms with Gasteiger partial charge in [0, 0.05) is 18.5 Å². The van der Waals surface area contributed by atoms with Gasteiger partial charge in [0.15, 0.2) is 0 Å². The van der Waals surface area contributed by atoms with Gasteiger partial charge in [-0.15, -0.1) is 11.6 Å². The molecule has 1 aliphatic rings. The quantitative estimate of drug-likeness (QED) is 0.784. The minimum Gasteiger partial charge on any atom is -0.207 e. The van der Waals surface area contributed by atoms with Crippen LogP contribution in [0.5, 0.6) is 0 Å². The number of nitrogens with zero attached hydrogens (tertiary/aromatic N) is 1. The maximum atomic E-state index is 12.4. The summed E-state index contributed by atoms with van der Waals surface area (Å²) in [6.45, 7) is 4.94. The summed E-state index contributed by atoms with van der Waals surface area (Å²) in [4.78, 5) is 0.388. The van der Waals surface area contributed by atoms with E-state index in [2.05, 4.69) is 0 Å². The minimum atomic E-state index is -3.35. The first-order valence-electron chi connectivity index (χ1n) is 6.13. The second-order valence-electron chi connectivity index (χ2n) is 4.82. The smallest absolute Gasteiger partial charge is 0.207 e. The Morgan fingerprint density at radius 1 is 1.17 bits per heavy atom. The molecular formula is C13H18ClNO2S. The first-order valence-corrected chi connectivity index (χ1v) is 8.00. The zero-order chi connectivity index (χ0) is 13.3. The molecule has 18 heavy (non-hydrogen) atoms. The number of piperidine rings is 1. The maximum absolute atomic E-state index is 12.4. The molecule has 0 saturated carbocycles. The number of halogens is 1. The molecule has 100 valence electrons. The molecule has 0 spiro atoms. The van der Waals surface area contributed by atoms with Crippen molar-refractivity contribution in [3.63, 3.8) is 0 Å². The monoisotopic (exact) mass is 287 g/mol. The third-order valence-corrected chi connectivity index (χ3v) is 5.83. The van der Waals surface area contributed by atoms with Crippen molar-refractivity contribution in [3.05, 3.63) is 29.3 Å². The van der Waals surface area contributed by atoms with Crippen LogP contribution in [0.25, 0.3) is 0 Å². The molecular weight excluding hydrogens is 270 g/mol. The Kier molecular flexibility index (Phi) is 3.99. The Balaban J connectivity index is 2.27. The van der Waals surface area contributed by atoms with E-state index in [1.807, 2.05) is 19.9 Å². The molecule has 1 heterocycles. The molecule has 1 saturated heterocycles. The van der Waals surface area contributed by atoms with Gasteiger partial charge in [0.25, 0.3) is 0 Å². The van der Waals surface area contributed by atoms with Gasteiger partial charge in [-0.3, -0.25) is 0 Å².